The van der Waals surface area contributed by atoms with Crippen LogP contribution in [0.25, 0.3) is 0 Å². The first kappa shape index (κ1) is 10.5. The fraction of sp³-hybridized carbons (Fsp3) is 0.917. The van der Waals surface area contributed by atoms with Crippen molar-refractivity contribution >= 4 is 5.91 Å². The molecule has 90 valence electrons. The molecule has 0 unspecified atom stereocenters. The van der Waals surface area contributed by atoms with Crippen LogP contribution in [0.3, 0.4) is 0 Å². The van der Waals surface area contributed by atoms with Gasteiger partial charge in [0.05, 0.1) is 13.1 Å². The van der Waals surface area contributed by atoms with Crippen LogP contribution in [0.4, 0.5) is 0 Å². The predicted molar refractivity (Wildman–Crippen MR) is 59.9 cm³/mol. The first-order valence-corrected chi connectivity index (χ1v) is 6.41. The summed E-state index contributed by atoms with van der Waals surface area (Å²) >= 11 is 0. The summed E-state index contributed by atoms with van der Waals surface area (Å²) < 4.78 is 0. The number of amides is 1. The molecule has 0 radical (unpaired) electrons. The molecule has 2 aliphatic carbocycles. The Morgan fingerprint density at radius 1 is 1.31 bits per heavy atom. The van der Waals surface area contributed by atoms with Crippen LogP contribution in [-0.2, 0) is 4.79 Å². The molecule has 0 aromatic rings. The Kier molecular flexibility index (Phi) is 2.44. The summed E-state index contributed by atoms with van der Waals surface area (Å²) in [5.41, 5.74) is -0.528. The fourth-order valence-electron chi connectivity index (χ4n) is 2.50. The normalized spacial score (nSPS) is 27.7. The van der Waals surface area contributed by atoms with Gasteiger partial charge in [-0.25, -0.2) is 0 Å². The largest absolute Gasteiger partial charge is 0.386 e. The maximum Gasteiger partial charge on any atom is 0.224 e. The lowest BCUT2D eigenvalue weighted by Crippen LogP contribution is -2.64. The third-order valence-electron chi connectivity index (χ3n) is 3.97. The first-order valence-electron chi connectivity index (χ1n) is 6.41. The third-order valence-corrected chi connectivity index (χ3v) is 3.97. The standard InChI is InChI=1S/C12H20N2O2/c15-11(5-6-13-10-3-4-10)14-7-12(16,8-14)9-1-2-9/h9-10,13,16H,1-8H2. The molecule has 1 heterocycles. The summed E-state index contributed by atoms with van der Waals surface area (Å²) in [5, 5.41) is 13.4. The van der Waals surface area contributed by atoms with E-state index in [9.17, 15) is 9.90 Å². The van der Waals surface area contributed by atoms with E-state index >= 15 is 0 Å². The Morgan fingerprint density at radius 2 is 2.00 bits per heavy atom. The van der Waals surface area contributed by atoms with Crippen molar-refractivity contribution in [1.82, 2.24) is 10.2 Å². The van der Waals surface area contributed by atoms with Crippen LogP contribution in [0.1, 0.15) is 32.1 Å². The van der Waals surface area contributed by atoms with Crippen LogP contribution in [0.2, 0.25) is 0 Å². The topological polar surface area (TPSA) is 52.6 Å². The Bertz CT molecular complexity index is 291. The molecule has 0 aromatic heterocycles. The highest BCUT2D eigenvalue weighted by Gasteiger charge is 2.52. The van der Waals surface area contributed by atoms with E-state index in [4.69, 9.17) is 0 Å². The van der Waals surface area contributed by atoms with Crippen molar-refractivity contribution in [3.8, 4) is 0 Å². The minimum Gasteiger partial charge on any atom is -0.386 e. The second-order valence-corrected chi connectivity index (χ2v) is 5.61. The minimum absolute atomic E-state index is 0.193. The number of carbonyl (C=O) groups excluding carboxylic acids is 1. The fourth-order valence-corrected chi connectivity index (χ4v) is 2.50. The Morgan fingerprint density at radius 3 is 2.56 bits per heavy atom. The van der Waals surface area contributed by atoms with Gasteiger partial charge in [0, 0.05) is 19.0 Å². The number of hydrogen-bond donors (Lipinski definition) is 2. The van der Waals surface area contributed by atoms with Crippen LogP contribution in [0, 0.1) is 5.92 Å². The number of hydrogen-bond acceptors (Lipinski definition) is 3. The Labute approximate surface area is 96.0 Å². The molecule has 4 nitrogen and oxygen atoms in total. The maximum absolute atomic E-state index is 11.7. The van der Waals surface area contributed by atoms with Crippen molar-refractivity contribution in [3.05, 3.63) is 0 Å². The van der Waals surface area contributed by atoms with E-state index in [-0.39, 0.29) is 5.91 Å². The SMILES string of the molecule is O=C(CCNC1CC1)N1CC(O)(C2CC2)C1. The zero-order chi connectivity index (χ0) is 11.2. The zero-order valence-electron chi connectivity index (χ0n) is 9.61. The molecule has 0 bridgehead atoms. The molecule has 3 rings (SSSR count). The van der Waals surface area contributed by atoms with Crippen molar-refractivity contribution in [1.29, 1.82) is 0 Å². The molecule has 16 heavy (non-hydrogen) atoms. The van der Waals surface area contributed by atoms with Gasteiger partial charge in [0.25, 0.3) is 0 Å². The summed E-state index contributed by atoms with van der Waals surface area (Å²) in [5.74, 6) is 0.666. The van der Waals surface area contributed by atoms with Gasteiger partial charge in [0.15, 0.2) is 0 Å². The molecule has 0 spiro atoms. The van der Waals surface area contributed by atoms with E-state index < -0.39 is 5.60 Å². The van der Waals surface area contributed by atoms with E-state index in [0.717, 1.165) is 19.4 Å². The van der Waals surface area contributed by atoms with Crippen molar-refractivity contribution in [2.45, 2.75) is 43.7 Å². The predicted octanol–water partition coefficient (Wildman–Crippen LogP) is 0.112. The Hall–Kier alpha value is -0.610. The zero-order valence-corrected chi connectivity index (χ0v) is 9.61. The van der Waals surface area contributed by atoms with Gasteiger partial charge >= 0.3 is 0 Å². The van der Waals surface area contributed by atoms with Gasteiger partial charge in [-0.05, 0) is 31.6 Å². The third kappa shape index (κ3) is 2.09. The van der Waals surface area contributed by atoms with Crippen molar-refractivity contribution in [3.63, 3.8) is 0 Å². The number of aliphatic hydroxyl groups is 1. The van der Waals surface area contributed by atoms with Crippen LogP contribution in [0.15, 0.2) is 0 Å². The number of nitrogens with zero attached hydrogens (tertiary/aromatic N) is 1. The molecule has 1 amide bonds. The average molecular weight is 224 g/mol. The van der Waals surface area contributed by atoms with Crippen LogP contribution >= 0.6 is 0 Å². The van der Waals surface area contributed by atoms with Gasteiger partial charge in [0.1, 0.15) is 5.60 Å². The second kappa shape index (κ2) is 3.70. The molecule has 0 atom stereocenters. The van der Waals surface area contributed by atoms with Crippen LogP contribution in [-0.4, -0.2) is 47.2 Å². The number of β-amino-alcohol motifs (C(OH)–C–C–N with tert-alkyl or cyclic N) is 1. The summed E-state index contributed by atoms with van der Waals surface area (Å²) in [6.45, 7) is 1.93. The van der Waals surface area contributed by atoms with E-state index in [1.165, 1.54) is 12.8 Å². The van der Waals surface area contributed by atoms with Crippen molar-refractivity contribution in [2.24, 2.45) is 5.92 Å². The number of carbonyl (C=O) groups is 1. The van der Waals surface area contributed by atoms with E-state index in [1.54, 1.807) is 4.90 Å². The van der Waals surface area contributed by atoms with Gasteiger partial charge in [-0.1, -0.05) is 0 Å². The van der Waals surface area contributed by atoms with E-state index in [0.29, 0.717) is 31.5 Å². The van der Waals surface area contributed by atoms with Crippen molar-refractivity contribution in [2.75, 3.05) is 19.6 Å². The summed E-state index contributed by atoms with van der Waals surface area (Å²) in [7, 11) is 0. The highest BCUT2D eigenvalue weighted by atomic mass is 16.3. The van der Waals surface area contributed by atoms with Gasteiger partial charge in [-0.15, -0.1) is 0 Å². The minimum atomic E-state index is -0.528. The highest BCUT2D eigenvalue weighted by molar-refractivity contribution is 5.77. The maximum atomic E-state index is 11.7. The lowest BCUT2D eigenvalue weighted by Gasteiger charge is -2.47. The second-order valence-electron chi connectivity index (χ2n) is 5.61. The lowest BCUT2D eigenvalue weighted by molar-refractivity contribution is -0.159. The summed E-state index contributed by atoms with van der Waals surface area (Å²) in [6.07, 6.45) is 5.39. The van der Waals surface area contributed by atoms with Gasteiger partial charge in [-0.2, -0.15) is 0 Å². The first-order chi connectivity index (χ1) is 7.67. The number of rotatable bonds is 5. The number of nitrogens with one attached hydrogen (secondary N) is 1. The molecule has 1 aliphatic heterocycles. The molecule has 2 saturated carbocycles. The summed E-state index contributed by atoms with van der Waals surface area (Å²) in [4.78, 5) is 13.5. The van der Waals surface area contributed by atoms with E-state index in [2.05, 4.69) is 5.32 Å². The van der Waals surface area contributed by atoms with Crippen LogP contribution < -0.4 is 5.32 Å². The quantitative estimate of drug-likeness (QED) is 0.697. The smallest absolute Gasteiger partial charge is 0.224 e. The molecule has 2 N–H and O–H groups in total. The van der Waals surface area contributed by atoms with Gasteiger partial charge < -0.3 is 15.3 Å². The van der Waals surface area contributed by atoms with Gasteiger partial charge in [-0.3, -0.25) is 4.79 Å². The molecular formula is C12H20N2O2. The van der Waals surface area contributed by atoms with Crippen molar-refractivity contribution < 1.29 is 9.90 Å². The highest BCUT2D eigenvalue weighted by Crippen LogP contribution is 2.44. The van der Waals surface area contributed by atoms with Crippen LogP contribution in [0.5, 0.6) is 0 Å². The molecule has 1 saturated heterocycles. The summed E-state index contributed by atoms with van der Waals surface area (Å²) in [6, 6.07) is 0.674. The molecule has 3 fully saturated rings. The van der Waals surface area contributed by atoms with Gasteiger partial charge in [0.2, 0.25) is 5.91 Å². The average Bonchev–Trinajstić information content (AvgIpc) is 3.02. The molecule has 3 aliphatic rings. The molecule has 0 aromatic carbocycles. The lowest BCUT2D eigenvalue weighted by atomic mass is 9.88. The van der Waals surface area contributed by atoms with E-state index in [1.807, 2.05) is 0 Å². The Balaban J connectivity index is 1.36. The number of likely N-dealkylation sites (tertiary alicyclic amines) is 1. The molecule has 4 heteroatoms. The monoisotopic (exact) mass is 224 g/mol. The molecular weight excluding hydrogens is 204 g/mol.